The first-order valence-electron chi connectivity index (χ1n) is 10.5. The Morgan fingerprint density at radius 1 is 1.19 bits per heavy atom. The molecule has 0 aliphatic heterocycles. The summed E-state index contributed by atoms with van der Waals surface area (Å²) in [5.41, 5.74) is 1.38. The Morgan fingerprint density at radius 3 is 2.39 bits per heavy atom. The molecule has 1 amide bonds. The molecular weight excluding hydrogens is 390 g/mol. The standard InChI is InChI=1S/C25H31N3O3.H2/c1-15(2)19-11-9-17(14-27-19)21(29)28-22-24(3,4)23(25(22,5)6)31-18-10-8-16(13-26)20(12-18)30-7;/h8-12,14-15,22-23H,1-7H3,(H,28,29);1H. The minimum absolute atomic E-state index is 0. The molecule has 1 aliphatic carbocycles. The van der Waals surface area contributed by atoms with Crippen molar-refractivity contribution in [3.8, 4) is 17.6 Å². The van der Waals surface area contributed by atoms with Crippen LogP contribution in [0.2, 0.25) is 0 Å². The Labute approximate surface area is 186 Å². The van der Waals surface area contributed by atoms with E-state index in [9.17, 15) is 10.1 Å². The number of ether oxygens (including phenoxy) is 2. The number of nitrogens with zero attached hydrogens (tertiary/aromatic N) is 2. The molecule has 0 atom stereocenters. The van der Waals surface area contributed by atoms with Crippen LogP contribution in [0.5, 0.6) is 11.5 Å². The van der Waals surface area contributed by atoms with Crippen LogP contribution in [0.25, 0.3) is 0 Å². The fourth-order valence-electron chi connectivity index (χ4n) is 4.87. The summed E-state index contributed by atoms with van der Waals surface area (Å²) >= 11 is 0. The molecule has 2 aromatic rings. The van der Waals surface area contributed by atoms with Crippen molar-refractivity contribution < 1.29 is 15.7 Å². The van der Waals surface area contributed by atoms with Crippen LogP contribution < -0.4 is 14.8 Å². The molecule has 6 heteroatoms. The molecule has 0 spiro atoms. The van der Waals surface area contributed by atoms with Gasteiger partial charge in [-0.05, 0) is 30.2 Å². The lowest BCUT2D eigenvalue weighted by molar-refractivity contribution is -0.164. The van der Waals surface area contributed by atoms with Crippen molar-refractivity contribution in [2.75, 3.05) is 7.11 Å². The average molecular weight is 424 g/mol. The molecule has 3 rings (SSSR count). The monoisotopic (exact) mass is 423 g/mol. The lowest BCUT2D eigenvalue weighted by atomic mass is 9.49. The van der Waals surface area contributed by atoms with Crippen molar-refractivity contribution in [3.63, 3.8) is 0 Å². The Balaban J connectivity index is 0.00000363. The van der Waals surface area contributed by atoms with Crippen LogP contribution in [-0.2, 0) is 0 Å². The first-order chi connectivity index (χ1) is 14.5. The number of hydrogen-bond donors (Lipinski definition) is 1. The van der Waals surface area contributed by atoms with Gasteiger partial charge in [-0.3, -0.25) is 9.78 Å². The number of aromatic nitrogens is 1. The van der Waals surface area contributed by atoms with Gasteiger partial charge in [0.2, 0.25) is 0 Å². The van der Waals surface area contributed by atoms with Crippen molar-refractivity contribution in [2.24, 2.45) is 10.8 Å². The molecule has 6 nitrogen and oxygen atoms in total. The Bertz CT molecular complexity index is 994. The number of rotatable bonds is 6. The van der Waals surface area contributed by atoms with Crippen LogP contribution in [0.3, 0.4) is 0 Å². The number of amides is 1. The number of methoxy groups -OCH3 is 1. The van der Waals surface area contributed by atoms with Crippen LogP contribution in [0, 0.1) is 22.2 Å². The summed E-state index contributed by atoms with van der Waals surface area (Å²) in [5.74, 6) is 1.31. The maximum Gasteiger partial charge on any atom is 0.253 e. The summed E-state index contributed by atoms with van der Waals surface area (Å²) in [5, 5.41) is 12.4. The highest BCUT2D eigenvalue weighted by Gasteiger charge is 2.64. The number of nitrogens with one attached hydrogen (secondary N) is 1. The molecule has 31 heavy (non-hydrogen) atoms. The molecule has 1 saturated carbocycles. The van der Waals surface area contributed by atoms with E-state index in [1.54, 1.807) is 24.4 Å². The zero-order chi connectivity index (χ0) is 23.0. The predicted octanol–water partition coefficient (Wildman–Crippen LogP) is 4.94. The van der Waals surface area contributed by atoms with Crippen LogP contribution in [0.1, 0.15) is 70.5 Å². The second kappa shape index (κ2) is 8.22. The van der Waals surface area contributed by atoms with Crippen LogP contribution in [0.4, 0.5) is 0 Å². The van der Waals surface area contributed by atoms with E-state index in [-0.39, 0.29) is 30.3 Å². The van der Waals surface area contributed by atoms with Crippen LogP contribution in [0.15, 0.2) is 36.5 Å². The number of benzene rings is 1. The van der Waals surface area contributed by atoms with E-state index in [0.29, 0.717) is 28.5 Å². The summed E-state index contributed by atoms with van der Waals surface area (Å²) in [7, 11) is 1.53. The van der Waals surface area contributed by atoms with Gasteiger partial charge >= 0.3 is 0 Å². The second-order valence-electron chi connectivity index (χ2n) is 9.65. The minimum Gasteiger partial charge on any atom is -0.495 e. The zero-order valence-corrected chi connectivity index (χ0v) is 19.3. The number of carbonyl (C=O) groups excluding carboxylic acids is 1. The first kappa shape index (κ1) is 22.6. The summed E-state index contributed by atoms with van der Waals surface area (Å²) in [4.78, 5) is 17.3. The number of hydrogen-bond acceptors (Lipinski definition) is 5. The molecule has 0 saturated heterocycles. The summed E-state index contributed by atoms with van der Waals surface area (Å²) < 4.78 is 11.6. The van der Waals surface area contributed by atoms with E-state index in [2.05, 4.69) is 57.9 Å². The molecule has 0 bridgehead atoms. The van der Waals surface area contributed by atoms with E-state index in [1.165, 1.54) is 7.11 Å². The van der Waals surface area contributed by atoms with E-state index >= 15 is 0 Å². The van der Waals surface area contributed by atoms with Crippen molar-refractivity contribution in [1.82, 2.24) is 10.3 Å². The molecule has 1 aromatic heterocycles. The highest BCUT2D eigenvalue weighted by Crippen LogP contribution is 2.55. The van der Waals surface area contributed by atoms with E-state index < -0.39 is 0 Å². The van der Waals surface area contributed by atoms with Gasteiger partial charge in [-0.1, -0.05) is 41.5 Å². The smallest absolute Gasteiger partial charge is 0.253 e. The van der Waals surface area contributed by atoms with Gasteiger partial charge in [-0.2, -0.15) is 5.26 Å². The Morgan fingerprint density at radius 2 is 1.87 bits per heavy atom. The maximum atomic E-state index is 12.9. The fourth-order valence-corrected chi connectivity index (χ4v) is 4.87. The van der Waals surface area contributed by atoms with Gasteiger partial charge in [0.05, 0.1) is 18.2 Å². The molecule has 1 heterocycles. The second-order valence-corrected chi connectivity index (χ2v) is 9.65. The third kappa shape index (κ3) is 4.10. The molecule has 1 fully saturated rings. The first-order valence-corrected chi connectivity index (χ1v) is 10.5. The number of carbonyl (C=O) groups is 1. The normalized spacial score (nSPS) is 21.0. The molecule has 1 aromatic carbocycles. The quantitative estimate of drug-likeness (QED) is 0.711. The number of nitriles is 1. The highest BCUT2D eigenvalue weighted by molar-refractivity contribution is 5.94. The predicted molar refractivity (Wildman–Crippen MR) is 121 cm³/mol. The molecule has 0 unspecified atom stereocenters. The Kier molecular flexibility index (Phi) is 6.00. The van der Waals surface area contributed by atoms with Gasteiger partial charge in [-0.25, -0.2) is 0 Å². The molecule has 1 aliphatic rings. The minimum atomic E-state index is -0.300. The van der Waals surface area contributed by atoms with Gasteiger partial charge in [0.1, 0.15) is 23.7 Å². The summed E-state index contributed by atoms with van der Waals surface area (Å²) in [6, 6.07) is 11.0. The van der Waals surface area contributed by atoms with E-state index in [0.717, 1.165) is 5.69 Å². The molecular formula is C25H33N3O3. The maximum absolute atomic E-state index is 12.9. The van der Waals surface area contributed by atoms with Crippen molar-refractivity contribution in [3.05, 3.63) is 53.3 Å². The van der Waals surface area contributed by atoms with Gasteiger partial charge in [0, 0.05) is 36.3 Å². The Hall–Kier alpha value is -3.07. The van der Waals surface area contributed by atoms with Gasteiger partial charge in [-0.15, -0.1) is 0 Å². The average Bonchev–Trinajstić information content (AvgIpc) is 2.74. The van der Waals surface area contributed by atoms with Crippen LogP contribution in [-0.4, -0.2) is 30.1 Å². The van der Waals surface area contributed by atoms with E-state index in [1.807, 2.05) is 12.1 Å². The SMILES string of the molecule is COc1cc(OC2C(C)(C)C(NC(=O)c3ccc(C(C)C)nc3)C2(C)C)ccc1C#N.[HH]. The molecule has 0 radical (unpaired) electrons. The van der Waals surface area contributed by atoms with Crippen molar-refractivity contribution >= 4 is 5.91 Å². The van der Waals surface area contributed by atoms with Gasteiger partial charge in [0.25, 0.3) is 5.91 Å². The third-order valence-corrected chi connectivity index (χ3v) is 6.30. The van der Waals surface area contributed by atoms with Gasteiger partial charge in [0.15, 0.2) is 0 Å². The topological polar surface area (TPSA) is 84.2 Å². The van der Waals surface area contributed by atoms with Crippen LogP contribution >= 0.6 is 0 Å². The van der Waals surface area contributed by atoms with Crippen molar-refractivity contribution in [1.29, 1.82) is 5.26 Å². The highest BCUT2D eigenvalue weighted by atomic mass is 16.5. The van der Waals surface area contributed by atoms with E-state index in [4.69, 9.17) is 9.47 Å². The lowest BCUT2D eigenvalue weighted by Gasteiger charge is -2.63. The molecule has 1 N–H and O–H groups in total. The zero-order valence-electron chi connectivity index (χ0n) is 19.3. The third-order valence-electron chi connectivity index (χ3n) is 6.30. The summed E-state index contributed by atoms with van der Waals surface area (Å²) in [6.45, 7) is 12.5. The number of pyridine rings is 1. The van der Waals surface area contributed by atoms with Gasteiger partial charge < -0.3 is 14.8 Å². The fraction of sp³-hybridized carbons (Fsp3) is 0.480. The largest absolute Gasteiger partial charge is 0.495 e. The van der Waals surface area contributed by atoms with Crippen molar-refractivity contribution in [2.45, 2.75) is 59.6 Å². The molecule has 166 valence electrons. The summed E-state index contributed by atoms with van der Waals surface area (Å²) in [6.07, 6.45) is 1.50. The lowest BCUT2D eigenvalue weighted by Crippen LogP contribution is -2.74.